The Hall–Kier alpha value is -3.10. The fraction of sp³-hybridized carbons (Fsp3) is 0.464. The van der Waals surface area contributed by atoms with E-state index < -0.39 is 11.5 Å². The van der Waals surface area contributed by atoms with Crippen LogP contribution in [0.3, 0.4) is 0 Å². The number of nitrogens with two attached hydrogens (primary N) is 1. The second kappa shape index (κ2) is 10.7. The Morgan fingerprint density at radius 2 is 1.97 bits per heavy atom. The van der Waals surface area contributed by atoms with E-state index in [4.69, 9.17) is 27.1 Å². The monoisotopic (exact) mass is 523 g/mol. The van der Waals surface area contributed by atoms with Crippen LogP contribution < -0.4 is 16.4 Å². The molecule has 37 heavy (non-hydrogen) atoms. The molecule has 2 aliphatic rings. The van der Waals surface area contributed by atoms with Gasteiger partial charge in [0.05, 0.1) is 21.7 Å². The van der Waals surface area contributed by atoms with Gasteiger partial charge in [-0.2, -0.15) is 0 Å². The molecule has 0 radical (unpaired) electrons. The quantitative estimate of drug-likeness (QED) is 0.390. The van der Waals surface area contributed by atoms with Crippen molar-refractivity contribution in [3.8, 4) is 0 Å². The van der Waals surface area contributed by atoms with Gasteiger partial charge >= 0.3 is 0 Å². The molecule has 196 valence electrons. The van der Waals surface area contributed by atoms with E-state index in [1.54, 1.807) is 6.07 Å². The number of amides is 2. The molecule has 0 bridgehead atoms. The maximum atomic E-state index is 12.8. The van der Waals surface area contributed by atoms with E-state index in [0.29, 0.717) is 47.6 Å². The summed E-state index contributed by atoms with van der Waals surface area (Å²) in [4.78, 5) is 29.6. The number of benzene rings is 2. The third-order valence-electron chi connectivity index (χ3n) is 7.74. The summed E-state index contributed by atoms with van der Waals surface area (Å²) < 4.78 is 7.68. The lowest BCUT2D eigenvalue weighted by molar-refractivity contribution is -0.137. The van der Waals surface area contributed by atoms with Crippen LogP contribution in [-0.2, 0) is 23.0 Å². The third-order valence-corrected chi connectivity index (χ3v) is 8.07. The summed E-state index contributed by atoms with van der Waals surface area (Å²) in [5.74, 6) is 0.658. The van der Waals surface area contributed by atoms with E-state index >= 15 is 0 Å². The zero-order valence-corrected chi connectivity index (χ0v) is 21.9. The van der Waals surface area contributed by atoms with Crippen LogP contribution in [0.1, 0.15) is 60.9 Å². The predicted molar refractivity (Wildman–Crippen MR) is 145 cm³/mol. The van der Waals surface area contributed by atoms with Gasteiger partial charge in [0.15, 0.2) is 0 Å². The smallest absolute Gasteiger partial charge is 0.251 e. The highest BCUT2D eigenvalue weighted by Crippen LogP contribution is 2.33. The summed E-state index contributed by atoms with van der Waals surface area (Å²) in [7, 11) is 1.91. The van der Waals surface area contributed by atoms with Crippen LogP contribution >= 0.6 is 11.6 Å². The third kappa shape index (κ3) is 5.45. The van der Waals surface area contributed by atoms with Crippen molar-refractivity contribution in [2.24, 2.45) is 18.7 Å². The van der Waals surface area contributed by atoms with E-state index in [1.807, 2.05) is 41.9 Å². The molecule has 1 saturated heterocycles. The topological polar surface area (TPSA) is 111 Å². The molecule has 1 unspecified atom stereocenters. The number of hydrogen-bond donors (Lipinski definition) is 3. The molecule has 1 aromatic heterocycles. The fourth-order valence-corrected chi connectivity index (χ4v) is 5.69. The minimum absolute atomic E-state index is 0.0686. The molecule has 5 rings (SSSR count). The fourth-order valence-electron chi connectivity index (χ4n) is 5.53. The zero-order chi connectivity index (χ0) is 26.0. The maximum absolute atomic E-state index is 12.8. The molecule has 2 aromatic carbocycles. The molecule has 4 N–H and O–H groups in total. The number of ether oxygens (including phenoxy) is 1. The first-order valence-corrected chi connectivity index (χ1v) is 13.5. The number of carbonyl (C=O) groups is 2. The molecule has 2 heterocycles. The lowest BCUT2D eigenvalue weighted by atomic mass is 9.89. The Kier molecular flexibility index (Phi) is 7.40. The Morgan fingerprint density at radius 3 is 2.70 bits per heavy atom. The number of aromatic nitrogens is 2. The Balaban J connectivity index is 1.32. The first-order chi connectivity index (χ1) is 17.8. The van der Waals surface area contributed by atoms with Crippen molar-refractivity contribution in [3.63, 3.8) is 0 Å². The average molecular weight is 524 g/mol. The van der Waals surface area contributed by atoms with Gasteiger partial charge < -0.3 is 25.7 Å². The van der Waals surface area contributed by atoms with Crippen LogP contribution in [0, 0.1) is 5.92 Å². The van der Waals surface area contributed by atoms with Gasteiger partial charge in [-0.05, 0) is 67.5 Å². The second-order valence-corrected chi connectivity index (χ2v) is 10.7. The Labute approximate surface area is 221 Å². The van der Waals surface area contributed by atoms with Crippen LogP contribution in [-0.4, -0.2) is 40.1 Å². The summed E-state index contributed by atoms with van der Waals surface area (Å²) in [5, 5.41) is 6.94. The Bertz CT molecular complexity index is 1310. The molecule has 1 aliphatic heterocycles. The highest BCUT2D eigenvalue weighted by molar-refractivity contribution is 6.33. The average Bonchev–Trinajstić information content (AvgIpc) is 3.50. The minimum Gasteiger partial charge on any atom is -0.367 e. The molecule has 0 spiro atoms. The zero-order valence-electron chi connectivity index (χ0n) is 21.2. The van der Waals surface area contributed by atoms with Crippen molar-refractivity contribution in [1.29, 1.82) is 0 Å². The largest absolute Gasteiger partial charge is 0.367 e. The number of primary amides is 1. The van der Waals surface area contributed by atoms with Crippen molar-refractivity contribution in [2.45, 2.75) is 57.0 Å². The van der Waals surface area contributed by atoms with Crippen molar-refractivity contribution in [2.75, 3.05) is 18.5 Å². The molecule has 3 aromatic rings. The normalized spacial score (nSPS) is 20.3. The van der Waals surface area contributed by atoms with Gasteiger partial charge in [0.1, 0.15) is 5.60 Å². The molecule has 2 fully saturated rings. The first-order valence-electron chi connectivity index (χ1n) is 13.1. The molecular formula is C28H34ClN5O3. The van der Waals surface area contributed by atoms with Crippen LogP contribution in [0.2, 0.25) is 5.02 Å². The summed E-state index contributed by atoms with van der Waals surface area (Å²) >= 11 is 6.50. The summed E-state index contributed by atoms with van der Waals surface area (Å²) in [6.07, 6.45) is 7.98. The number of nitrogens with one attached hydrogen (secondary N) is 2. The van der Waals surface area contributed by atoms with E-state index in [9.17, 15) is 9.59 Å². The predicted octanol–water partition coefficient (Wildman–Crippen LogP) is 4.86. The summed E-state index contributed by atoms with van der Waals surface area (Å²) in [6, 6.07) is 11.1. The standard InChI is InChI=1S/C28H34ClN5O3/c1-34-24-11-9-20(25(35)31-17-18-6-3-2-4-7-18)15-23(24)33-27(34)32-22-14-19(8-10-21(22)29)16-28(26(30)36)12-5-13-37-28/h8-11,14-15,18H,2-7,12-13,16-17H2,1H3,(H2,30,36)(H,31,35)(H,32,33). The van der Waals surface area contributed by atoms with Gasteiger partial charge in [-0.25, -0.2) is 4.98 Å². The molecule has 8 nitrogen and oxygen atoms in total. The van der Waals surface area contributed by atoms with E-state index in [0.717, 1.165) is 29.6 Å². The van der Waals surface area contributed by atoms with Gasteiger partial charge in [-0.15, -0.1) is 0 Å². The number of imidazole rings is 1. The van der Waals surface area contributed by atoms with E-state index in [1.165, 1.54) is 32.1 Å². The number of hydrogen-bond acceptors (Lipinski definition) is 5. The van der Waals surface area contributed by atoms with Crippen molar-refractivity contribution >= 4 is 46.1 Å². The minimum atomic E-state index is -0.975. The summed E-state index contributed by atoms with van der Waals surface area (Å²) in [6.45, 7) is 1.25. The lowest BCUT2D eigenvalue weighted by Crippen LogP contribution is -2.45. The van der Waals surface area contributed by atoms with Crippen LogP contribution in [0.15, 0.2) is 36.4 Å². The van der Waals surface area contributed by atoms with E-state index in [2.05, 4.69) is 10.6 Å². The van der Waals surface area contributed by atoms with Gasteiger partial charge in [-0.3, -0.25) is 9.59 Å². The van der Waals surface area contributed by atoms with Crippen molar-refractivity contribution < 1.29 is 14.3 Å². The van der Waals surface area contributed by atoms with Gasteiger partial charge in [0.25, 0.3) is 5.91 Å². The SMILES string of the molecule is Cn1c(Nc2cc(CC3(C(N)=O)CCCO3)ccc2Cl)nc2cc(C(=O)NCC3CCCCC3)ccc21. The molecule has 1 saturated carbocycles. The number of halogens is 1. The maximum Gasteiger partial charge on any atom is 0.251 e. The van der Waals surface area contributed by atoms with Gasteiger partial charge in [0.2, 0.25) is 11.9 Å². The molecule has 2 amide bonds. The summed E-state index contributed by atoms with van der Waals surface area (Å²) in [5.41, 5.74) is 8.47. The van der Waals surface area contributed by atoms with Gasteiger partial charge in [-0.1, -0.05) is 36.9 Å². The second-order valence-electron chi connectivity index (χ2n) is 10.3. The molecule has 1 aliphatic carbocycles. The lowest BCUT2D eigenvalue weighted by Gasteiger charge is -2.25. The van der Waals surface area contributed by atoms with E-state index in [-0.39, 0.29) is 5.91 Å². The van der Waals surface area contributed by atoms with Crippen molar-refractivity contribution in [1.82, 2.24) is 14.9 Å². The number of aryl methyl sites for hydroxylation is 1. The van der Waals surface area contributed by atoms with Crippen molar-refractivity contribution in [3.05, 3.63) is 52.5 Å². The van der Waals surface area contributed by atoms with Crippen LogP contribution in [0.4, 0.5) is 11.6 Å². The molecule has 9 heteroatoms. The number of nitrogens with zero attached hydrogens (tertiary/aromatic N) is 2. The highest BCUT2D eigenvalue weighted by Gasteiger charge is 2.41. The van der Waals surface area contributed by atoms with Crippen LogP contribution in [0.25, 0.3) is 11.0 Å². The highest BCUT2D eigenvalue weighted by atomic mass is 35.5. The number of anilines is 2. The number of rotatable bonds is 8. The van der Waals surface area contributed by atoms with Crippen LogP contribution in [0.5, 0.6) is 0 Å². The Morgan fingerprint density at radius 1 is 1.16 bits per heavy atom. The number of fused-ring (bicyclic) bond motifs is 1. The number of carbonyl (C=O) groups excluding carboxylic acids is 2. The first kappa shape index (κ1) is 25.5. The molecule has 1 atom stereocenters. The van der Waals surface area contributed by atoms with Gasteiger partial charge in [0, 0.05) is 32.2 Å². The molecular weight excluding hydrogens is 490 g/mol.